The van der Waals surface area contributed by atoms with Crippen LogP contribution in [0.1, 0.15) is 88.2 Å². The number of halogens is 7. The number of alkyl halides is 2. The molecule has 0 N–H and O–H groups in total. The molecule has 0 spiro atoms. The minimum Gasteiger partial charge on any atom is -0.429 e. The average molecular weight is 567 g/mol. The van der Waals surface area contributed by atoms with Crippen LogP contribution in [0.2, 0.25) is 0 Å². The fourth-order valence-electron chi connectivity index (χ4n) is 6.91. The van der Waals surface area contributed by atoms with Crippen molar-refractivity contribution in [3.05, 3.63) is 76.6 Å². The highest BCUT2D eigenvalue weighted by atomic mass is 19.3. The smallest absolute Gasteiger partial charge is 0.429 e. The normalized spacial score (nSPS) is 23.9. The maximum absolute atomic E-state index is 15.1. The number of hydrogen-bond donors (Lipinski definition) is 0. The third kappa shape index (κ3) is 5.68. The van der Waals surface area contributed by atoms with E-state index in [1.54, 1.807) is 0 Å². The summed E-state index contributed by atoms with van der Waals surface area (Å²) in [4.78, 5) is 0. The fraction of sp³-hybridized carbons (Fsp3) is 0.500. The minimum atomic E-state index is -4.28. The topological polar surface area (TPSA) is 9.23 Å². The van der Waals surface area contributed by atoms with Crippen molar-refractivity contribution in [2.75, 3.05) is 0 Å². The fourth-order valence-corrected chi connectivity index (χ4v) is 6.91. The van der Waals surface area contributed by atoms with Gasteiger partial charge in [-0.15, -0.1) is 0 Å². The highest BCUT2D eigenvalue weighted by Crippen LogP contribution is 2.46. The van der Waals surface area contributed by atoms with Gasteiger partial charge in [0, 0.05) is 5.39 Å². The van der Waals surface area contributed by atoms with Gasteiger partial charge < -0.3 is 4.74 Å². The highest BCUT2D eigenvalue weighted by molar-refractivity contribution is 5.84. The van der Waals surface area contributed by atoms with Gasteiger partial charge >= 0.3 is 6.11 Å². The van der Waals surface area contributed by atoms with Gasteiger partial charge in [0.15, 0.2) is 29.1 Å². The molecular formula is C32H33F7O. The molecule has 2 aliphatic rings. The van der Waals surface area contributed by atoms with Crippen LogP contribution in [-0.4, -0.2) is 0 Å². The molecule has 8 heteroatoms. The van der Waals surface area contributed by atoms with E-state index in [1.165, 1.54) is 44.6 Å². The second kappa shape index (κ2) is 11.6. The summed E-state index contributed by atoms with van der Waals surface area (Å²) in [5, 5.41) is -0.564. The largest absolute Gasteiger partial charge is 0.429 e. The molecule has 2 aliphatic carbocycles. The third-order valence-corrected chi connectivity index (χ3v) is 9.08. The van der Waals surface area contributed by atoms with Gasteiger partial charge in [0.25, 0.3) is 0 Å². The molecule has 3 aromatic carbocycles. The Kier molecular flexibility index (Phi) is 8.35. The number of hydrogen-bond acceptors (Lipinski definition) is 1. The van der Waals surface area contributed by atoms with E-state index in [0.717, 1.165) is 43.0 Å². The molecule has 0 atom stereocenters. The first-order chi connectivity index (χ1) is 19.1. The lowest BCUT2D eigenvalue weighted by atomic mass is 9.68. The lowest BCUT2D eigenvalue weighted by molar-refractivity contribution is -0.187. The molecule has 0 bridgehead atoms. The third-order valence-electron chi connectivity index (χ3n) is 9.08. The van der Waals surface area contributed by atoms with E-state index >= 15 is 8.78 Å². The van der Waals surface area contributed by atoms with Crippen molar-refractivity contribution in [2.24, 2.45) is 17.8 Å². The van der Waals surface area contributed by atoms with Crippen LogP contribution in [0.4, 0.5) is 30.7 Å². The van der Waals surface area contributed by atoms with Crippen molar-refractivity contribution in [3.63, 3.8) is 0 Å². The van der Waals surface area contributed by atoms with E-state index in [-0.39, 0.29) is 22.3 Å². The van der Waals surface area contributed by atoms with Crippen LogP contribution < -0.4 is 4.74 Å². The summed E-state index contributed by atoms with van der Waals surface area (Å²) in [7, 11) is 0. The second-order valence-corrected chi connectivity index (χ2v) is 11.5. The lowest BCUT2D eigenvalue weighted by Crippen LogP contribution is -2.26. The summed E-state index contributed by atoms with van der Waals surface area (Å²) in [5.74, 6) is -6.35. The van der Waals surface area contributed by atoms with E-state index in [9.17, 15) is 22.0 Å². The summed E-state index contributed by atoms with van der Waals surface area (Å²) in [6.07, 6.45) is 6.42. The Balaban J connectivity index is 1.27. The molecule has 0 aromatic heterocycles. The molecule has 2 saturated carbocycles. The van der Waals surface area contributed by atoms with Crippen LogP contribution >= 0.6 is 0 Å². The van der Waals surface area contributed by atoms with Crippen LogP contribution in [-0.2, 0) is 6.11 Å². The van der Waals surface area contributed by atoms with Gasteiger partial charge in [-0.25, -0.2) is 22.0 Å². The summed E-state index contributed by atoms with van der Waals surface area (Å²) in [5.41, 5.74) is -1.18. The van der Waals surface area contributed by atoms with Crippen LogP contribution in [0.3, 0.4) is 0 Å². The molecule has 3 aromatic rings. The Bertz CT molecular complexity index is 1360. The van der Waals surface area contributed by atoms with E-state index in [1.807, 2.05) is 0 Å². The zero-order chi connectivity index (χ0) is 28.6. The Morgan fingerprint density at radius 3 is 2.02 bits per heavy atom. The van der Waals surface area contributed by atoms with E-state index in [0.29, 0.717) is 30.7 Å². The molecule has 2 fully saturated rings. The molecule has 0 radical (unpaired) electrons. The first-order valence-corrected chi connectivity index (χ1v) is 14.2. The van der Waals surface area contributed by atoms with Gasteiger partial charge in [-0.2, -0.15) is 8.78 Å². The van der Waals surface area contributed by atoms with Crippen molar-refractivity contribution in [1.82, 2.24) is 0 Å². The van der Waals surface area contributed by atoms with Crippen molar-refractivity contribution in [1.29, 1.82) is 0 Å². The van der Waals surface area contributed by atoms with E-state index in [2.05, 4.69) is 11.7 Å². The first kappa shape index (κ1) is 28.7. The Labute approximate surface area is 229 Å². The summed E-state index contributed by atoms with van der Waals surface area (Å²) >= 11 is 0. The van der Waals surface area contributed by atoms with Gasteiger partial charge in [-0.1, -0.05) is 38.7 Å². The summed E-state index contributed by atoms with van der Waals surface area (Å²) < 4.78 is 106. The number of fused-ring (bicyclic) bond motifs is 1. The van der Waals surface area contributed by atoms with E-state index < -0.39 is 46.5 Å². The predicted molar refractivity (Wildman–Crippen MR) is 140 cm³/mol. The molecule has 40 heavy (non-hydrogen) atoms. The molecule has 0 aliphatic heterocycles. The van der Waals surface area contributed by atoms with Crippen molar-refractivity contribution in [2.45, 2.75) is 83.2 Å². The van der Waals surface area contributed by atoms with Crippen LogP contribution in [0.25, 0.3) is 10.8 Å². The zero-order valence-electron chi connectivity index (χ0n) is 22.4. The molecular weight excluding hydrogens is 533 g/mol. The highest BCUT2D eigenvalue weighted by Gasteiger charge is 2.40. The summed E-state index contributed by atoms with van der Waals surface area (Å²) in [6.45, 7) is 2.22. The van der Waals surface area contributed by atoms with Crippen LogP contribution in [0.5, 0.6) is 5.75 Å². The predicted octanol–water partition coefficient (Wildman–Crippen LogP) is 10.5. The maximum Gasteiger partial charge on any atom is 0.429 e. The Morgan fingerprint density at radius 2 is 1.38 bits per heavy atom. The Morgan fingerprint density at radius 1 is 0.725 bits per heavy atom. The van der Waals surface area contributed by atoms with Crippen molar-refractivity contribution in [3.8, 4) is 5.75 Å². The molecule has 0 amide bonds. The number of ether oxygens (including phenoxy) is 1. The van der Waals surface area contributed by atoms with Crippen LogP contribution in [0, 0.1) is 46.8 Å². The molecule has 0 unspecified atom stereocenters. The van der Waals surface area contributed by atoms with Crippen LogP contribution in [0.15, 0.2) is 36.4 Å². The zero-order valence-corrected chi connectivity index (χ0v) is 22.4. The molecule has 0 saturated heterocycles. The quantitative estimate of drug-likeness (QED) is 0.204. The standard InChI is InChI=1S/C32H33F7O/c1-2-3-18-4-6-19(7-5-18)20-8-10-21(11-9-20)24-14-15-26(30(36)28(24)34)32(38,39)40-23-12-13-25-22(16-23)17-27(33)31(37)29(25)35/h12-21H,2-11H2,1H3. The van der Waals surface area contributed by atoms with Gasteiger partial charge in [-0.05, 0) is 103 Å². The minimum absolute atomic E-state index is 0.0980. The number of rotatable bonds is 7. The Hall–Kier alpha value is -2.77. The maximum atomic E-state index is 15.1. The summed E-state index contributed by atoms with van der Waals surface area (Å²) in [6, 6.07) is 5.44. The van der Waals surface area contributed by atoms with Gasteiger partial charge in [0.05, 0.1) is 0 Å². The molecule has 216 valence electrons. The van der Waals surface area contributed by atoms with Gasteiger partial charge in [0.2, 0.25) is 0 Å². The van der Waals surface area contributed by atoms with Crippen molar-refractivity contribution >= 4 is 10.8 Å². The second-order valence-electron chi connectivity index (χ2n) is 11.5. The first-order valence-electron chi connectivity index (χ1n) is 14.2. The van der Waals surface area contributed by atoms with Gasteiger partial charge in [0.1, 0.15) is 11.3 Å². The monoisotopic (exact) mass is 566 g/mol. The average Bonchev–Trinajstić information content (AvgIpc) is 2.93. The van der Waals surface area contributed by atoms with Gasteiger partial charge in [-0.3, -0.25) is 0 Å². The molecule has 0 heterocycles. The van der Waals surface area contributed by atoms with Crippen molar-refractivity contribution < 1.29 is 35.5 Å². The SMILES string of the molecule is CCCC1CCC(C2CCC(c3ccc(C(F)(F)Oc4ccc5c(F)c(F)c(F)cc5c4)c(F)c3F)CC2)CC1. The molecule has 5 rings (SSSR count). The van der Waals surface area contributed by atoms with E-state index in [4.69, 9.17) is 0 Å². The lowest BCUT2D eigenvalue weighted by Gasteiger charge is -2.38. The number of benzene rings is 3. The molecule has 1 nitrogen and oxygen atoms in total.